The number of aromatic nitrogens is 1. The highest BCUT2D eigenvalue weighted by Gasteiger charge is 2.31. The van der Waals surface area contributed by atoms with Gasteiger partial charge in [0, 0.05) is 35.5 Å². The van der Waals surface area contributed by atoms with Crippen molar-refractivity contribution >= 4 is 22.3 Å². The van der Waals surface area contributed by atoms with Gasteiger partial charge in [-0.25, -0.2) is 0 Å². The molecule has 2 N–H and O–H groups in total. The highest BCUT2D eigenvalue weighted by molar-refractivity contribution is 5.94. The molecular weight excluding hydrogens is 234 g/mol. The molecule has 3 nitrogen and oxygen atoms in total. The number of nitrogen functional groups attached to an aromatic ring is 1. The van der Waals surface area contributed by atoms with Gasteiger partial charge in [0.1, 0.15) is 0 Å². The maximum absolute atomic E-state index is 5.93. The first-order valence-electron chi connectivity index (χ1n) is 6.96. The zero-order valence-corrected chi connectivity index (χ0v) is 11.9. The predicted molar refractivity (Wildman–Crippen MR) is 81.5 cm³/mol. The number of nitrogens with two attached hydrogens (primary N) is 1. The Morgan fingerprint density at radius 2 is 2.05 bits per heavy atom. The lowest BCUT2D eigenvalue weighted by Gasteiger charge is -2.28. The van der Waals surface area contributed by atoms with Gasteiger partial charge in [0.25, 0.3) is 0 Å². The summed E-state index contributed by atoms with van der Waals surface area (Å²) >= 11 is 0. The van der Waals surface area contributed by atoms with E-state index in [1.54, 1.807) is 0 Å². The average Bonchev–Trinajstić information content (AvgIpc) is 3.21. The number of rotatable bonds is 3. The molecule has 1 atom stereocenters. The molecule has 1 aliphatic carbocycles. The van der Waals surface area contributed by atoms with Crippen molar-refractivity contribution in [2.75, 3.05) is 17.7 Å². The molecule has 100 valence electrons. The van der Waals surface area contributed by atoms with Crippen LogP contribution in [0.1, 0.15) is 25.5 Å². The standard InChI is InChI=1S/C16H21N3/c1-10-8-16(19(3)11(2)12-4-5-12)14-9-13(17)6-7-15(14)18-10/h6-9,11-12H,4-5,17H2,1-3H3. The summed E-state index contributed by atoms with van der Waals surface area (Å²) in [5.41, 5.74) is 10.1. The van der Waals surface area contributed by atoms with Crippen LogP contribution in [0.2, 0.25) is 0 Å². The Bertz CT molecular complexity index is 617. The van der Waals surface area contributed by atoms with E-state index >= 15 is 0 Å². The Morgan fingerprint density at radius 1 is 1.32 bits per heavy atom. The summed E-state index contributed by atoms with van der Waals surface area (Å²) in [6.07, 6.45) is 2.71. The molecule has 1 unspecified atom stereocenters. The van der Waals surface area contributed by atoms with E-state index in [1.807, 2.05) is 18.2 Å². The molecule has 0 saturated heterocycles. The Balaban J connectivity index is 2.12. The van der Waals surface area contributed by atoms with Crippen LogP contribution in [0.4, 0.5) is 11.4 Å². The second-order valence-corrected chi connectivity index (χ2v) is 5.75. The summed E-state index contributed by atoms with van der Waals surface area (Å²) in [5, 5.41) is 1.15. The van der Waals surface area contributed by atoms with E-state index < -0.39 is 0 Å². The molecule has 1 aliphatic rings. The average molecular weight is 255 g/mol. The molecule has 1 aromatic heterocycles. The van der Waals surface area contributed by atoms with E-state index in [-0.39, 0.29) is 0 Å². The molecule has 0 radical (unpaired) electrons. The van der Waals surface area contributed by atoms with Crippen molar-refractivity contribution < 1.29 is 0 Å². The summed E-state index contributed by atoms with van der Waals surface area (Å²) in [5.74, 6) is 0.842. The van der Waals surface area contributed by atoms with Crippen molar-refractivity contribution in [1.82, 2.24) is 4.98 Å². The molecule has 1 aromatic carbocycles. The minimum atomic E-state index is 0.575. The van der Waals surface area contributed by atoms with E-state index in [9.17, 15) is 0 Å². The molecule has 3 heteroatoms. The SMILES string of the molecule is Cc1cc(N(C)C(C)C2CC2)c2cc(N)ccc2n1. The minimum Gasteiger partial charge on any atom is -0.399 e. The largest absolute Gasteiger partial charge is 0.399 e. The topological polar surface area (TPSA) is 42.1 Å². The molecule has 1 heterocycles. The van der Waals surface area contributed by atoms with Gasteiger partial charge in [-0.1, -0.05) is 0 Å². The van der Waals surface area contributed by atoms with Crippen LogP contribution < -0.4 is 10.6 Å². The summed E-state index contributed by atoms with van der Waals surface area (Å²) in [7, 11) is 2.18. The number of hydrogen-bond acceptors (Lipinski definition) is 3. The third kappa shape index (κ3) is 2.25. The lowest BCUT2D eigenvalue weighted by atomic mass is 10.1. The van der Waals surface area contributed by atoms with Crippen molar-refractivity contribution in [3.63, 3.8) is 0 Å². The van der Waals surface area contributed by atoms with Crippen molar-refractivity contribution in [3.05, 3.63) is 30.0 Å². The molecule has 0 aliphatic heterocycles. The van der Waals surface area contributed by atoms with Crippen LogP contribution in [0.5, 0.6) is 0 Å². The van der Waals surface area contributed by atoms with Gasteiger partial charge in [0.15, 0.2) is 0 Å². The second-order valence-electron chi connectivity index (χ2n) is 5.75. The van der Waals surface area contributed by atoms with Crippen LogP contribution in [0.25, 0.3) is 10.9 Å². The van der Waals surface area contributed by atoms with Gasteiger partial charge in [-0.05, 0) is 56.9 Å². The maximum Gasteiger partial charge on any atom is 0.0727 e. The fraction of sp³-hybridized carbons (Fsp3) is 0.438. The van der Waals surface area contributed by atoms with Crippen LogP contribution in [0, 0.1) is 12.8 Å². The number of nitrogens with zero attached hydrogens (tertiary/aromatic N) is 2. The molecule has 19 heavy (non-hydrogen) atoms. The summed E-state index contributed by atoms with van der Waals surface area (Å²) < 4.78 is 0. The molecule has 0 bridgehead atoms. The van der Waals surface area contributed by atoms with Gasteiger partial charge >= 0.3 is 0 Å². The fourth-order valence-corrected chi connectivity index (χ4v) is 2.76. The quantitative estimate of drug-likeness (QED) is 0.855. The molecule has 1 saturated carbocycles. The van der Waals surface area contributed by atoms with Crippen molar-refractivity contribution in [2.24, 2.45) is 5.92 Å². The third-order valence-corrected chi connectivity index (χ3v) is 4.23. The van der Waals surface area contributed by atoms with E-state index in [0.29, 0.717) is 6.04 Å². The van der Waals surface area contributed by atoms with E-state index in [4.69, 9.17) is 5.73 Å². The Labute approximate surface area is 114 Å². The van der Waals surface area contributed by atoms with Gasteiger partial charge in [-0.3, -0.25) is 4.98 Å². The number of aryl methyl sites for hydroxylation is 1. The van der Waals surface area contributed by atoms with Crippen LogP contribution >= 0.6 is 0 Å². The minimum absolute atomic E-state index is 0.575. The first kappa shape index (κ1) is 12.3. The van der Waals surface area contributed by atoms with Crippen LogP contribution in [-0.4, -0.2) is 18.1 Å². The molecule has 0 amide bonds. The smallest absolute Gasteiger partial charge is 0.0727 e. The Hall–Kier alpha value is -1.77. The van der Waals surface area contributed by atoms with Crippen molar-refractivity contribution in [2.45, 2.75) is 32.7 Å². The van der Waals surface area contributed by atoms with Gasteiger partial charge in [0.2, 0.25) is 0 Å². The first-order chi connectivity index (χ1) is 9.06. The number of pyridine rings is 1. The van der Waals surface area contributed by atoms with Gasteiger partial charge < -0.3 is 10.6 Å². The number of hydrogen-bond donors (Lipinski definition) is 1. The zero-order valence-electron chi connectivity index (χ0n) is 11.9. The van der Waals surface area contributed by atoms with Crippen LogP contribution in [-0.2, 0) is 0 Å². The highest BCUT2D eigenvalue weighted by atomic mass is 15.1. The monoisotopic (exact) mass is 255 g/mol. The number of benzene rings is 1. The van der Waals surface area contributed by atoms with E-state index in [1.165, 1.54) is 18.5 Å². The molecule has 1 fully saturated rings. The molecular formula is C16H21N3. The number of fused-ring (bicyclic) bond motifs is 1. The molecule has 3 rings (SSSR count). The Morgan fingerprint density at radius 3 is 2.74 bits per heavy atom. The summed E-state index contributed by atoms with van der Waals surface area (Å²) in [6.45, 7) is 4.36. The fourth-order valence-electron chi connectivity index (χ4n) is 2.76. The Kier molecular flexibility index (Phi) is 2.85. The predicted octanol–water partition coefficient (Wildman–Crippen LogP) is 3.36. The van der Waals surface area contributed by atoms with Gasteiger partial charge in [0.05, 0.1) is 5.52 Å². The first-order valence-corrected chi connectivity index (χ1v) is 6.96. The van der Waals surface area contributed by atoms with E-state index in [0.717, 1.165) is 28.2 Å². The summed E-state index contributed by atoms with van der Waals surface area (Å²) in [6, 6.07) is 8.71. The summed E-state index contributed by atoms with van der Waals surface area (Å²) in [4.78, 5) is 6.98. The van der Waals surface area contributed by atoms with Crippen molar-refractivity contribution in [1.29, 1.82) is 0 Å². The molecule has 0 spiro atoms. The third-order valence-electron chi connectivity index (χ3n) is 4.23. The maximum atomic E-state index is 5.93. The highest BCUT2D eigenvalue weighted by Crippen LogP contribution is 2.38. The lowest BCUT2D eigenvalue weighted by molar-refractivity contribution is 0.610. The van der Waals surface area contributed by atoms with Crippen LogP contribution in [0.3, 0.4) is 0 Å². The normalized spacial score (nSPS) is 16.6. The second kappa shape index (κ2) is 4.41. The van der Waals surface area contributed by atoms with Gasteiger partial charge in [-0.15, -0.1) is 0 Å². The van der Waals surface area contributed by atoms with Gasteiger partial charge in [-0.2, -0.15) is 0 Å². The lowest BCUT2D eigenvalue weighted by Crippen LogP contribution is -2.30. The van der Waals surface area contributed by atoms with Crippen LogP contribution in [0.15, 0.2) is 24.3 Å². The van der Waals surface area contributed by atoms with E-state index in [2.05, 4.69) is 36.8 Å². The van der Waals surface area contributed by atoms with Crippen molar-refractivity contribution in [3.8, 4) is 0 Å². The number of anilines is 2. The molecule has 2 aromatic rings. The zero-order chi connectivity index (χ0) is 13.6.